The number of hydrogen-bond acceptors (Lipinski definition) is 5. The van der Waals surface area contributed by atoms with Gasteiger partial charge in [0.15, 0.2) is 5.69 Å². The van der Waals surface area contributed by atoms with Crippen LogP contribution in [0.25, 0.3) is 11.3 Å². The molecule has 1 aliphatic rings. The van der Waals surface area contributed by atoms with Gasteiger partial charge in [-0.25, -0.2) is 4.98 Å². The van der Waals surface area contributed by atoms with Gasteiger partial charge in [-0.3, -0.25) is 14.9 Å². The lowest BCUT2D eigenvalue weighted by atomic mass is 10.0. The van der Waals surface area contributed by atoms with Gasteiger partial charge >= 0.3 is 0 Å². The van der Waals surface area contributed by atoms with Gasteiger partial charge in [0.05, 0.1) is 4.92 Å². The molecule has 1 aromatic carbocycles. The fourth-order valence-electron chi connectivity index (χ4n) is 2.76. The Labute approximate surface area is 139 Å². The molecular weight excluding hydrogens is 308 g/mol. The van der Waals surface area contributed by atoms with Crippen LogP contribution in [-0.2, 0) is 4.79 Å². The Balaban J connectivity index is 1.88. The summed E-state index contributed by atoms with van der Waals surface area (Å²) >= 11 is 0. The zero-order chi connectivity index (χ0) is 17.1. The van der Waals surface area contributed by atoms with Crippen molar-refractivity contribution in [3.8, 4) is 11.3 Å². The third-order valence-electron chi connectivity index (χ3n) is 4.13. The molecule has 2 heterocycles. The van der Waals surface area contributed by atoms with Gasteiger partial charge in [0.1, 0.15) is 5.82 Å². The van der Waals surface area contributed by atoms with Crippen LogP contribution in [-0.4, -0.2) is 40.3 Å². The summed E-state index contributed by atoms with van der Waals surface area (Å²) in [6.07, 6.45) is 1.22. The largest absolute Gasteiger partial charge is 0.367 e. The number of nitrogens with zero attached hydrogens (tertiary/aromatic N) is 3. The molecule has 7 heteroatoms. The average molecular weight is 326 g/mol. The van der Waals surface area contributed by atoms with Crippen LogP contribution in [0.1, 0.15) is 12.8 Å². The van der Waals surface area contributed by atoms with E-state index in [2.05, 4.69) is 10.3 Å². The minimum absolute atomic E-state index is 0.00807. The minimum atomic E-state index is -0.432. The number of rotatable bonds is 4. The van der Waals surface area contributed by atoms with Crippen molar-refractivity contribution in [2.45, 2.75) is 18.9 Å². The van der Waals surface area contributed by atoms with E-state index >= 15 is 0 Å². The van der Waals surface area contributed by atoms with Gasteiger partial charge in [-0.15, -0.1) is 0 Å². The van der Waals surface area contributed by atoms with E-state index in [-0.39, 0.29) is 17.6 Å². The van der Waals surface area contributed by atoms with Gasteiger partial charge < -0.3 is 10.2 Å². The number of hydrogen-bond donors (Lipinski definition) is 1. The summed E-state index contributed by atoms with van der Waals surface area (Å²) in [5.74, 6) is 0.630. The smallest absolute Gasteiger partial charge is 0.295 e. The first-order valence-corrected chi connectivity index (χ1v) is 7.76. The first kappa shape index (κ1) is 15.9. The highest BCUT2D eigenvalue weighted by molar-refractivity contribution is 5.78. The summed E-state index contributed by atoms with van der Waals surface area (Å²) < 4.78 is 0. The van der Waals surface area contributed by atoms with Crippen molar-refractivity contribution in [1.82, 2.24) is 9.88 Å². The molecule has 124 valence electrons. The molecule has 0 spiro atoms. The molecular formula is C17H18N4O3. The summed E-state index contributed by atoms with van der Waals surface area (Å²) in [5.41, 5.74) is 0.975. The number of benzene rings is 1. The first-order chi connectivity index (χ1) is 11.5. The molecule has 1 atom stereocenters. The van der Waals surface area contributed by atoms with E-state index in [1.165, 1.54) is 6.07 Å². The highest BCUT2D eigenvalue weighted by Crippen LogP contribution is 2.29. The summed E-state index contributed by atoms with van der Waals surface area (Å²) in [4.78, 5) is 28.8. The Kier molecular flexibility index (Phi) is 4.41. The van der Waals surface area contributed by atoms with Gasteiger partial charge in [0.2, 0.25) is 5.91 Å². The Bertz CT molecular complexity index is 764. The fourth-order valence-corrected chi connectivity index (χ4v) is 2.76. The molecule has 7 nitrogen and oxygen atoms in total. The number of pyridine rings is 1. The van der Waals surface area contributed by atoms with Gasteiger partial charge in [0.25, 0.3) is 5.69 Å². The normalized spacial score (nSPS) is 17.6. The molecule has 0 bridgehead atoms. The number of carbonyl (C=O) groups excluding carboxylic acids is 1. The van der Waals surface area contributed by atoms with E-state index in [1.54, 1.807) is 30.1 Å². The Morgan fingerprint density at radius 2 is 2.00 bits per heavy atom. The molecule has 1 aliphatic heterocycles. The molecule has 1 unspecified atom stereocenters. The zero-order valence-corrected chi connectivity index (χ0v) is 13.3. The van der Waals surface area contributed by atoms with Gasteiger partial charge in [-0.05, 0) is 12.5 Å². The van der Waals surface area contributed by atoms with Crippen molar-refractivity contribution in [2.75, 3.05) is 18.9 Å². The molecule has 2 aromatic rings. The highest BCUT2D eigenvalue weighted by Gasteiger charge is 2.24. The van der Waals surface area contributed by atoms with Crippen LogP contribution >= 0.6 is 0 Å². The van der Waals surface area contributed by atoms with Crippen molar-refractivity contribution in [2.24, 2.45) is 0 Å². The second-order valence-corrected chi connectivity index (χ2v) is 5.84. The quantitative estimate of drug-likeness (QED) is 0.689. The Morgan fingerprint density at radius 1 is 1.25 bits per heavy atom. The fraction of sp³-hybridized carbons (Fsp3) is 0.294. The highest BCUT2D eigenvalue weighted by atomic mass is 16.6. The van der Waals surface area contributed by atoms with Crippen molar-refractivity contribution in [1.29, 1.82) is 0 Å². The summed E-state index contributed by atoms with van der Waals surface area (Å²) in [5, 5.41) is 14.5. The number of nitrogens with one attached hydrogen (secondary N) is 1. The van der Waals surface area contributed by atoms with E-state index < -0.39 is 4.92 Å². The van der Waals surface area contributed by atoms with E-state index in [0.717, 1.165) is 6.42 Å². The van der Waals surface area contributed by atoms with Crippen molar-refractivity contribution >= 4 is 17.4 Å². The molecule has 1 saturated heterocycles. The van der Waals surface area contributed by atoms with Crippen LogP contribution in [0, 0.1) is 10.1 Å². The lowest BCUT2D eigenvalue weighted by Crippen LogP contribution is -2.41. The maximum atomic E-state index is 11.8. The van der Waals surface area contributed by atoms with Crippen molar-refractivity contribution in [3.63, 3.8) is 0 Å². The first-order valence-electron chi connectivity index (χ1n) is 7.76. The van der Waals surface area contributed by atoms with E-state index in [0.29, 0.717) is 30.0 Å². The lowest BCUT2D eigenvalue weighted by Gasteiger charge is -2.29. The number of carbonyl (C=O) groups is 1. The Morgan fingerprint density at radius 3 is 2.67 bits per heavy atom. The monoisotopic (exact) mass is 326 g/mol. The standard InChI is InChI=1S/C17H18N4O3/c1-20-10-9-13(11-16(20)22)18-15-8-7-14(21(23)24)17(19-15)12-5-3-2-4-6-12/h2-8,13H,9-11H2,1H3,(H,18,19). The number of anilines is 1. The molecule has 1 aromatic heterocycles. The van der Waals surface area contributed by atoms with Crippen LogP contribution < -0.4 is 5.32 Å². The summed E-state index contributed by atoms with van der Waals surface area (Å²) in [6.45, 7) is 0.690. The van der Waals surface area contributed by atoms with E-state index in [4.69, 9.17) is 0 Å². The topological polar surface area (TPSA) is 88.4 Å². The number of likely N-dealkylation sites (tertiary alicyclic amines) is 1. The van der Waals surface area contributed by atoms with Crippen LogP contribution in [0.15, 0.2) is 42.5 Å². The van der Waals surface area contributed by atoms with Crippen molar-refractivity contribution in [3.05, 3.63) is 52.6 Å². The zero-order valence-electron chi connectivity index (χ0n) is 13.3. The molecule has 24 heavy (non-hydrogen) atoms. The van der Waals surface area contributed by atoms with Crippen molar-refractivity contribution < 1.29 is 9.72 Å². The number of amides is 1. The molecule has 1 fully saturated rings. The van der Waals surface area contributed by atoms with Gasteiger partial charge in [0, 0.05) is 37.7 Å². The number of nitro groups is 1. The molecule has 3 rings (SSSR count). The predicted octanol–water partition coefficient (Wildman–Crippen LogP) is 2.69. The van der Waals surface area contributed by atoms with Crippen LogP contribution in [0.4, 0.5) is 11.5 Å². The summed E-state index contributed by atoms with van der Waals surface area (Å²) in [6, 6.07) is 12.1. The predicted molar refractivity (Wildman–Crippen MR) is 90.6 cm³/mol. The molecule has 1 N–H and O–H groups in total. The maximum absolute atomic E-state index is 11.8. The van der Waals surface area contributed by atoms with Gasteiger partial charge in [-0.2, -0.15) is 0 Å². The number of aromatic nitrogens is 1. The third kappa shape index (κ3) is 3.34. The molecule has 0 radical (unpaired) electrons. The number of piperidine rings is 1. The molecule has 0 saturated carbocycles. The Hall–Kier alpha value is -2.96. The molecule has 1 amide bonds. The lowest BCUT2D eigenvalue weighted by molar-refractivity contribution is -0.384. The second-order valence-electron chi connectivity index (χ2n) is 5.84. The van der Waals surface area contributed by atoms with E-state index in [9.17, 15) is 14.9 Å². The molecule has 0 aliphatic carbocycles. The summed E-state index contributed by atoms with van der Waals surface area (Å²) in [7, 11) is 1.79. The van der Waals surface area contributed by atoms with Gasteiger partial charge in [-0.1, -0.05) is 30.3 Å². The minimum Gasteiger partial charge on any atom is -0.367 e. The third-order valence-corrected chi connectivity index (χ3v) is 4.13. The van der Waals surface area contributed by atoms with Crippen LogP contribution in [0.2, 0.25) is 0 Å². The van der Waals surface area contributed by atoms with Crippen LogP contribution in [0.3, 0.4) is 0 Å². The average Bonchev–Trinajstić information content (AvgIpc) is 2.59. The second kappa shape index (κ2) is 6.66. The van der Waals surface area contributed by atoms with E-state index in [1.807, 2.05) is 18.2 Å². The van der Waals surface area contributed by atoms with Crippen LogP contribution in [0.5, 0.6) is 0 Å². The maximum Gasteiger partial charge on any atom is 0.295 e. The SMILES string of the molecule is CN1CCC(Nc2ccc([N+](=O)[O-])c(-c3ccccc3)n2)CC1=O.